The number of fused-ring (bicyclic) bond motifs is 1. The van der Waals surface area contributed by atoms with E-state index in [4.69, 9.17) is 0 Å². The van der Waals surface area contributed by atoms with Gasteiger partial charge >= 0.3 is 0 Å². The number of rotatable bonds is 3. The van der Waals surface area contributed by atoms with Crippen molar-refractivity contribution in [3.63, 3.8) is 0 Å². The van der Waals surface area contributed by atoms with Crippen LogP contribution in [-0.4, -0.2) is 47.1 Å². The zero-order valence-electron chi connectivity index (χ0n) is 11.9. The van der Waals surface area contributed by atoms with Crippen LogP contribution < -0.4 is 4.90 Å². The Bertz CT molecular complexity index is 538. The Morgan fingerprint density at radius 1 is 1.20 bits per heavy atom. The fourth-order valence-electron chi connectivity index (χ4n) is 2.71. The SMILES string of the molecule is C=CCN1CCN(c2nc3cccccc-3n2)CC1C. The molecule has 3 rings (SSSR count). The third kappa shape index (κ3) is 2.51. The van der Waals surface area contributed by atoms with Crippen molar-refractivity contribution in [3.8, 4) is 11.4 Å². The number of aromatic nitrogens is 2. The lowest BCUT2D eigenvalue weighted by molar-refractivity contribution is 0.209. The van der Waals surface area contributed by atoms with Gasteiger partial charge in [0.15, 0.2) is 0 Å². The topological polar surface area (TPSA) is 32.3 Å². The predicted molar refractivity (Wildman–Crippen MR) is 82.1 cm³/mol. The lowest BCUT2D eigenvalue weighted by Crippen LogP contribution is -2.52. The molecule has 104 valence electrons. The number of hydrogen-bond acceptors (Lipinski definition) is 4. The highest BCUT2D eigenvalue weighted by atomic mass is 15.3. The average molecular weight is 268 g/mol. The van der Waals surface area contributed by atoms with E-state index in [9.17, 15) is 0 Å². The summed E-state index contributed by atoms with van der Waals surface area (Å²) in [7, 11) is 0. The molecule has 2 heterocycles. The van der Waals surface area contributed by atoms with Crippen molar-refractivity contribution < 1.29 is 0 Å². The van der Waals surface area contributed by atoms with Crippen molar-refractivity contribution >= 4 is 5.95 Å². The Kier molecular flexibility index (Phi) is 3.65. The van der Waals surface area contributed by atoms with Crippen molar-refractivity contribution in [3.05, 3.63) is 43.0 Å². The van der Waals surface area contributed by atoms with Crippen LogP contribution in [0.15, 0.2) is 43.0 Å². The maximum Gasteiger partial charge on any atom is 0.226 e. The quantitative estimate of drug-likeness (QED) is 0.799. The molecule has 1 unspecified atom stereocenters. The highest BCUT2D eigenvalue weighted by Gasteiger charge is 2.25. The van der Waals surface area contributed by atoms with E-state index in [0.717, 1.165) is 43.5 Å². The fraction of sp³-hybridized carbons (Fsp3) is 0.375. The van der Waals surface area contributed by atoms with E-state index in [-0.39, 0.29) is 0 Å². The molecule has 0 aromatic rings. The van der Waals surface area contributed by atoms with Crippen molar-refractivity contribution in [2.75, 3.05) is 31.1 Å². The van der Waals surface area contributed by atoms with Gasteiger partial charge in [0, 0.05) is 32.2 Å². The van der Waals surface area contributed by atoms with E-state index in [1.165, 1.54) is 0 Å². The molecule has 0 bridgehead atoms. The molecule has 4 nitrogen and oxygen atoms in total. The first-order chi connectivity index (χ1) is 9.78. The standard InChI is InChI=1S/C16H20N4/c1-3-9-19-10-11-20(12-13(19)2)16-17-14-7-5-4-6-8-15(14)18-16/h3-8,13H,1,9-12H2,2H3. The molecule has 1 atom stereocenters. The van der Waals surface area contributed by atoms with Gasteiger partial charge in [-0.25, -0.2) is 9.97 Å². The second-order valence-electron chi connectivity index (χ2n) is 5.28. The van der Waals surface area contributed by atoms with Crippen LogP contribution in [0.5, 0.6) is 0 Å². The normalized spacial score (nSPS) is 20.2. The van der Waals surface area contributed by atoms with Gasteiger partial charge in [0.25, 0.3) is 0 Å². The molecule has 0 spiro atoms. The molecule has 1 aliphatic carbocycles. The van der Waals surface area contributed by atoms with Crippen molar-refractivity contribution in [1.82, 2.24) is 14.9 Å². The fourth-order valence-corrected chi connectivity index (χ4v) is 2.71. The Morgan fingerprint density at radius 2 is 1.90 bits per heavy atom. The van der Waals surface area contributed by atoms with Gasteiger partial charge in [-0.2, -0.15) is 0 Å². The minimum absolute atomic E-state index is 0.500. The highest BCUT2D eigenvalue weighted by molar-refractivity contribution is 5.60. The first-order valence-electron chi connectivity index (χ1n) is 7.10. The van der Waals surface area contributed by atoms with E-state index in [2.05, 4.69) is 33.3 Å². The van der Waals surface area contributed by atoms with Crippen LogP contribution >= 0.6 is 0 Å². The molecular formula is C16H20N4. The summed E-state index contributed by atoms with van der Waals surface area (Å²) in [5.41, 5.74) is 1.93. The van der Waals surface area contributed by atoms with Gasteiger partial charge in [-0.05, 0) is 19.1 Å². The average Bonchev–Trinajstić information content (AvgIpc) is 2.72. The lowest BCUT2D eigenvalue weighted by Gasteiger charge is -2.38. The van der Waals surface area contributed by atoms with Crippen LogP contribution in [0.4, 0.5) is 5.95 Å². The van der Waals surface area contributed by atoms with Gasteiger partial charge in [0.2, 0.25) is 5.95 Å². The van der Waals surface area contributed by atoms with Gasteiger partial charge in [0.1, 0.15) is 0 Å². The molecule has 1 fully saturated rings. The van der Waals surface area contributed by atoms with Gasteiger partial charge in [0.05, 0.1) is 11.4 Å². The molecule has 2 aliphatic heterocycles. The number of hydrogen-bond donors (Lipinski definition) is 0. The van der Waals surface area contributed by atoms with Gasteiger partial charge in [-0.15, -0.1) is 6.58 Å². The molecule has 0 N–H and O–H groups in total. The third-order valence-electron chi connectivity index (χ3n) is 3.85. The van der Waals surface area contributed by atoms with E-state index in [1.54, 1.807) is 0 Å². The molecule has 0 radical (unpaired) electrons. The van der Waals surface area contributed by atoms with E-state index < -0.39 is 0 Å². The second kappa shape index (κ2) is 5.59. The maximum absolute atomic E-state index is 4.66. The van der Waals surface area contributed by atoms with Crippen molar-refractivity contribution in [2.24, 2.45) is 0 Å². The first kappa shape index (κ1) is 13.1. The van der Waals surface area contributed by atoms with Gasteiger partial charge in [-0.3, -0.25) is 4.90 Å². The Morgan fingerprint density at radius 3 is 2.50 bits per heavy atom. The van der Waals surface area contributed by atoms with Crippen LogP contribution in [0.2, 0.25) is 0 Å². The number of imidazole rings is 1. The summed E-state index contributed by atoms with van der Waals surface area (Å²) in [6, 6.07) is 10.5. The van der Waals surface area contributed by atoms with Crippen LogP contribution in [0.1, 0.15) is 6.92 Å². The molecule has 0 aromatic carbocycles. The Hall–Kier alpha value is -1.94. The molecular weight excluding hydrogens is 248 g/mol. The minimum Gasteiger partial charge on any atom is -0.338 e. The van der Waals surface area contributed by atoms with Gasteiger partial charge < -0.3 is 4.90 Å². The van der Waals surface area contributed by atoms with Crippen LogP contribution in [-0.2, 0) is 0 Å². The second-order valence-corrected chi connectivity index (χ2v) is 5.28. The molecule has 20 heavy (non-hydrogen) atoms. The van der Waals surface area contributed by atoms with Gasteiger partial charge in [-0.1, -0.05) is 24.3 Å². The third-order valence-corrected chi connectivity index (χ3v) is 3.85. The van der Waals surface area contributed by atoms with Crippen molar-refractivity contribution in [1.29, 1.82) is 0 Å². The summed E-state index contributed by atoms with van der Waals surface area (Å²) in [6.07, 6.45) is 1.97. The summed E-state index contributed by atoms with van der Waals surface area (Å²) >= 11 is 0. The lowest BCUT2D eigenvalue weighted by atomic mass is 10.2. The Balaban J connectivity index is 1.79. The number of anilines is 1. The molecule has 4 heteroatoms. The highest BCUT2D eigenvalue weighted by Crippen LogP contribution is 2.23. The summed E-state index contributed by atoms with van der Waals surface area (Å²) in [6.45, 7) is 10.00. The summed E-state index contributed by atoms with van der Waals surface area (Å²) in [5, 5.41) is 0. The van der Waals surface area contributed by atoms with Crippen molar-refractivity contribution in [2.45, 2.75) is 13.0 Å². The van der Waals surface area contributed by atoms with E-state index in [0.29, 0.717) is 6.04 Å². The smallest absolute Gasteiger partial charge is 0.226 e. The van der Waals surface area contributed by atoms with Crippen LogP contribution in [0, 0.1) is 0 Å². The zero-order chi connectivity index (χ0) is 13.9. The molecule has 1 saturated heterocycles. The molecule has 0 amide bonds. The monoisotopic (exact) mass is 268 g/mol. The Labute approximate surface area is 120 Å². The zero-order valence-corrected chi connectivity index (χ0v) is 11.9. The maximum atomic E-state index is 4.66. The first-order valence-corrected chi connectivity index (χ1v) is 7.10. The van der Waals surface area contributed by atoms with E-state index in [1.807, 2.05) is 36.4 Å². The van der Waals surface area contributed by atoms with Crippen LogP contribution in [0.25, 0.3) is 11.4 Å². The predicted octanol–water partition coefficient (Wildman–Crippen LogP) is 2.28. The summed E-state index contributed by atoms with van der Waals surface area (Å²) in [5.74, 6) is 0.858. The number of nitrogens with zero attached hydrogens (tertiary/aromatic N) is 4. The summed E-state index contributed by atoms with van der Waals surface area (Å²) in [4.78, 5) is 14.0. The minimum atomic E-state index is 0.500. The summed E-state index contributed by atoms with van der Waals surface area (Å²) < 4.78 is 0. The largest absolute Gasteiger partial charge is 0.338 e. The van der Waals surface area contributed by atoms with Crippen LogP contribution in [0.3, 0.4) is 0 Å². The number of piperazine rings is 1. The molecule has 0 aromatic heterocycles. The molecule has 0 saturated carbocycles. The van der Waals surface area contributed by atoms with E-state index >= 15 is 0 Å². The molecule has 3 aliphatic rings.